The molecule has 102 valence electrons. The lowest BCUT2D eigenvalue weighted by Crippen LogP contribution is -2.28. The molecular formula is C14H25N3O. The van der Waals surface area contributed by atoms with Gasteiger partial charge in [-0.2, -0.15) is 0 Å². The Kier molecular flexibility index (Phi) is 5.38. The van der Waals surface area contributed by atoms with E-state index in [4.69, 9.17) is 4.74 Å². The Bertz CT molecular complexity index is 377. The van der Waals surface area contributed by atoms with Crippen LogP contribution >= 0.6 is 0 Å². The van der Waals surface area contributed by atoms with Gasteiger partial charge in [-0.15, -0.1) is 0 Å². The summed E-state index contributed by atoms with van der Waals surface area (Å²) in [6, 6.07) is 0. The predicted molar refractivity (Wildman–Crippen MR) is 75.2 cm³/mol. The maximum Gasteiger partial charge on any atom is 0.222 e. The molecule has 0 saturated carbocycles. The van der Waals surface area contributed by atoms with E-state index in [1.54, 1.807) is 6.33 Å². The number of nitrogens with one attached hydrogen (secondary N) is 1. The van der Waals surface area contributed by atoms with Crippen LogP contribution in [0.4, 0.5) is 5.82 Å². The van der Waals surface area contributed by atoms with Gasteiger partial charge in [0.1, 0.15) is 17.7 Å². The van der Waals surface area contributed by atoms with Crippen molar-refractivity contribution in [2.24, 2.45) is 0 Å². The third-order valence-electron chi connectivity index (χ3n) is 2.97. The van der Waals surface area contributed by atoms with Crippen LogP contribution in [0.1, 0.15) is 53.0 Å². The highest BCUT2D eigenvalue weighted by Crippen LogP contribution is 2.27. The number of anilines is 1. The second kappa shape index (κ2) is 6.57. The molecule has 0 atom stereocenters. The van der Waals surface area contributed by atoms with E-state index in [-0.39, 0.29) is 5.60 Å². The molecule has 1 rings (SSSR count). The van der Waals surface area contributed by atoms with Crippen molar-refractivity contribution in [1.29, 1.82) is 0 Å². The van der Waals surface area contributed by atoms with E-state index < -0.39 is 0 Å². The van der Waals surface area contributed by atoms with Crippen LogP contribution in [-0.2, 0) is 6.42 Å². The topological polar surface area (TPSA) is 47.0 Å². The Morgan fingerprint density at radius 3 is 2.50 bits per heavy atom. The van der Waals surface area contributed by atoms with Crippen LogP contribution in [0.3, 0.4) is 0 Å². The molecule has 0 saturated heterocycles. The zero-order chi connectivity index (χ0) is 13.6. The molecule has 1 aromatic rings. The fourth-order valence-electron chi connectivity index (χ4n) is 1.61. The summed E-state index contributed by atoms with van der Waals surface area (Å²) in [5.74, 6) is 1.62. The minimum absolute atomic E-state index is 0.194. The standard InChI is InChI=1S/C14H25N3O/c1-6-9-11-12(15-8-3)16-10-17-13(11)18-14(4,5)7-2/h10H,6-9H2,1-5H3,(H,15,16,17). The van der Waals surface area contributed by atoms with E-state index >= 15 is 0 Å². The molecule has 0 radical (unpaired) electrons. The van der Waals surface area contributed by atoms with E-state index in [0.717, 1.165) is 43.1 Å². The maximum absolute atomic E-state index is 6.03. The first-order valence-corrected chi connectivity index (χ1v) is 6.80. The second-order valence-electron chi connectivity index (χ2n) is 5.00. The quantitative estimate of drug-likeness (QED) is 0.806. The number of hydrogen-bond acceptors (Lipinski definition) is 4. The van der Waals surface area contributed by atoms with Gasteiger partial charge in [0.2, 0.25) is 5.88 Å². The molecule has 0 fully saturated rings. The van der Waals surface area contributed by atoms with Crippen molar-refractivity contribution >= 4 is 5.82 Å². The van der Waals surface area contributed by atoms with E-state index in [9.17, 15) is 0 Å². The van der Waals surface area contributed by atoms with Crippen molar-refractivity contribution in [2.75, 3.05) is 11.9 Å². The monoisotopic (exact) mass is 251 g/mol. The lowest BCUT2D eigenvalue weighted by atomic mass is 10.1. The summed E-state index contributed by atoms with van der Waals surface area (Å²) >= 11 is 0. The van der Waals surface area contributed by atoms with Crippen molar-refractivity contribution in [1.82, 2.24) is 9.97 Å². The molecule has 0 spiro atoms. The third-order valence-corrected chi connectivity index (χ3v) is 2.97. The molecule has 0 aliphatic carbocycles. The van der Waals surface area contributed by atoms with Gasteiger partial charge in [0.15, 0.2) is 0 Å². The normalized spacial score (nSPS) is 11.4. The number of nitrogens with zero attached hydrogens (tertiary/aromatic N) is 2. The summed E-state index contributed by atoms with van der Waals surface area (Å²) in [4.78, 5) is 8.60. The molecule has 0 aromatic carbocycles. The van der Waals surface area contributed by atoms with Crippen LogP contribution in [0, 0.1) is 0 Å². The highest BCUT2D eigenvalue weighted by Gasteiger charge is 2.21. The molecule has 0 unspecified atom stereocenters. The summed E-state index contributed by atoms with van der Waals surface area (Å²) in [5.41, 5.74) is 0.892. The molecule has 0 aliphatic heterocycles. The summed E-state index contributed by atoms with van der Waals surface area (Å²) in [7, 11) is 0. The minimum Gasteiger partial charge on any atom is -0.471 e. The predicted octanol–water partition coefficient (Wildman–Crippen LogP) is 3.43. The fraction of sp³-hybridized carbons (Fsp3) is 0.714. The third kappa shape index (κ3) is 3.86. The smallest absolute Gasteiger partial charge is 0.222 e. The Morgan fingerprint density at radius 2 is 1.94 bits per heavy atom. The summed E-state index contributed by atoms with van der Waals surface area (Å²) in [6.07, 6.45) is 4.49. The fourth-order valence-corrected chi connectivity index (χ4v) is 1.61. The van der Waals surface area contributed by atoms with Gasteiger partial charge in [-0.3, -0.25) is 0 Å². The summed E-state index contributed by atoms with van der Waals surface area (Å²) < 4.78 is 6.03. The molecule has 18 heavy (non-hydrogen) atoms. The van der Waals surface area contributed by atoms with E-state index in [1.165, 1.54) is 0 Å². The van der Waals surface area contributed by atoms with Gasteiger partial charge in [-0.1, -0.05) is 20.3 Å². The Labute approximate surface area is 110 Å². The first-order valence-electron chi connectivity index (χ1n) is 6.80. The van der Waals surface area contributed by atoms with Crippen molar-refractivity contribution in [2.45, 2.75) is 59.5 Å². The van der Waals surface area contributed by atoms with E-state index in [2.05, 4.69) is 49.9 Å². The van der Waals surface area contributed by atoms with Crippen LogP contribution < -0.4 is 10.1 Å². The van der Waals surface area contributed by atoms with E-state index in [0.29, 0.717) is 0 Å². The minimum atomic E-state index is -0.194. The molecule has 4 nitrogen and oxygen atoms in total. The zero-order valence-corrected chi connectivity index (χ0v) is 12.2. The largest absolute Gasteiger partial charge is 0.471 e. The van der Waals surface area contributed by atoms with Gasteiger partial charge in [-0.25, -0.2) is 9.97 Å². The van der Waals surface area contributed by atoms with Gasteiger partial charge in [0.25, 0.3) is 0 Å². The molecule has 1 aromatic heterocycles. The number of hydrogen-bond donors (Lipinski definition) is 1. The number of aromatic nitrogens is 2. The van der Waals surface area contributed by atoms with Crippen molar-refractivity contribution in [3.63, 3.8) is 0 Å². The molecular weight excluding hydrogens is 226 g/mol. The van der Waals surface area contributed by atoms with Crippen LogP contribution in [0.2, 0.25) is 0 Å². The van der Waals surface area contributed by atoms with Crippen molar-refractivity contribution < 1.29 is 4.74 Å². The highest BCUT2D eigenvalue weighted by atomic mass is 16.5. The lowest BCUT2D eigenvalue weighted by Gasteiger charge is -2.26. The van der Waals surface area contributed by atoms with Gasteiger partial charge < -0.3 is 10.1 Å². The first kappa shape index (κ1) is 14.7. The van der Waals surface area contributed by atoms with Crippen LogP contribution in [0.15, 0.2) is 6.33 Å². The number of ether oxygens (including phenoxy) is 1. The molecule has 0 aliphatic rings. The second-order valence-corrected chi connectivity index (χ2v) is 5.00. The van der Waals surface area contributed by atoms with Gasteiger partial charge >= 0.3 is 0 Å². The zero-order valence-electron chi connectivity index (χ0n) is 12.2. The highest BCUT2D eigenvalue weighted by molar-refractivity contribution is 5.48. The Balaban J connectivity index is 3.05. The van der Waals surface area contributed by atoms with Gasteiger partial charge in [-0.05, 0) is 33.6 Å². The van der Waals surface area contributed by atoms with Crippen LogP contribution in [0.5, 0.6) is 5.88 Å². The van der Waals surface area contributed by atoms with Crippen LogP contribution in [0.25, 0.3) is 0 Å². The first-order chi connectivity index (χ1) is 8.54. The Morgan fingerprint density at radius 1 is 1.22 bits per heavy atom. The van der Waals surface area contributed by atoms with Gasteiger partial charge in [0.05, 0.1) is 5.56 Å². The molecule has 0 bridgehead atoms. The maximum atomic E-state index is 6.03. The molecule has 0 amide bonds. The average molecular weight is 251 g/mol. The van der Waals surface area contributed by atoms with E-state index in [1.807, 2.05) is 0 Å². The lowest BCUT2D eigenvalue weighted by molar-refractivity contribution is 0.0974. The van der Waals surface area contributed by atoms with Gasteiger partial charge in [0, 0.05) is 6.54 Å². The Hall–Kier alpha value is -1.32. The summed E-state index contributed by atoms with van der Waals surface area (Å²) in [6.45, 7) is 11.3. The molecule has 1 N–H and O–H groups in total. The van der Waals surface area contributed by atoms with Crippen molar-refractivity contribution in [3.8, 4) is 5.88 Å². The number of rotatable bonds is 7. The molecule has 4 heteroatoms. The van der Waals surface area contributed by atoms with Crippen LogP contribution in [-0.4, -0.2) is 22.1 Å². The SMILES string of the molecule is CCCc1c(NCC)ncnc1OC(C)(C)CC. The van der Waals surface area contributed by atoms with Crippen molar-refractivity contribution in [3.05, 3.63) is 11.9 Å². The molecule has 1 heterocycles. The summed E-state index contributed by atoms with van der Waals surface area (Å²) in [5, 5.41) is 3.27. The average Bonchev–Trinajstić information content (AvgIpc) is 2.33.